The van der Waals surface area contributed by atoms with Crippen molar-refractivity contribution >= 4 is 37.0 Å². The van der Waals surface area contributed by atoms with E-state index in [9.17, 15) is 17.2 Å². The fourth-order valence-corrected chi connectivity index (χ4v) is 5.03. The number of imidazole rings is 1. The molecule has 3 aromatic rings. The number of aromatic nitrogens is 2. The van der Waals surface area contributed by atoms with Crippen LogP contribution in [0.5, 0.6) is 11.5 Å². The van der Waals surface area contributed by atoms with E-state index in [1.54, 1.807) is 18.2 Å². The minimum absolute atomic E-state index is 0.0659. The SMILES string of the molecule is COc1cc(Br)c(S(=O)(=O)N(C)Cc2nc3ccccc3n2C(F)F)cc1OC. The molecule has 0 saturated carbocycles. The molecule has 0 aliphatic carbocycles. The van der Waals surface area contributed by atoms with Gasteiger partial charge in [-0.05, 0) is 34.1 Å². The van der Waals surface area contributed by atoms with Gasteiger partial charge >= 0.3 is 6.55 Å². The van der Waals surface area contributed by atoms with Gasteiger partial charge in [-0.15, -0.1) is 0 Å². The molecule has 3 rings (SSSR count). The lowest BCUT2D eigenvalue weighted by atomic mass is 10.3. The molecule has 0 amide bonds. The molecule has 0 radical (unpaired) electrons. The summed E-state index contributed by atoms with van der Waals surface area (Å²) in [5.41, 5.74) is 0.594. The van der Waals surface area contributed by atoms with Crippen molar-refractivity contribution in [2.45, 2.75) is 18.0 Å². The highest BCUT2D eigenvalue weighted by molar-refractivity contribution is 9.10. The Morgan fingerprint density at radius 2 is 1.79 bits per heavy atom. The first-order chi connectivity index (χ1) is 13.7. The van der Waals surface area contributed by atoms with Gasteiger partial charge in [-0.1, -0.05) is 12.1 Å². The number of ether oxygens (including phenoxy) is 2. The molecule has 1 aromatic heterocycles. The number of fused-ring (bicyclic) bond motifs is 1. The normalized spacial score (nSPS) is 12.1. The van der Waals surface area contributed by atoms with Crippen molar-refractivity contribution in [3.8, 4) is 11.5 Å². The molecule has 1 heterocycles. The highest BCUT2D eigenvalue weighted by Crippen LogP contribution is 2.37. The number of nitrogens with zero attached hydrogens (tertiary/aromatic N) is 3. The van der Waals surface area contributed by atoms with E-state index < -0.39 is 16.6 Å². The molecule has 7 nitrogen and oxygen atoms in total. The first-order valence-electron chi connectivity index (χ1n) is 8.32. The van der Waals surface area contributed by atoms with Crippen LogP contribution in [0.1, 0.15) is 12.4 Å². The predicted molar refractivity (Wildman–Crippen MR) is 107 cm³/mol. The molecule has 0 N–H and O–H groups in total. The molecule has 0 bridgehead atoms. The molecule has 0 fully saturated rings. The maximum Gasteiger partial charge on any atom is 0.320 e. The Morgan fingerprint density at radius 1 is 1.17 bits per heavy atom. The third-order valence-electron chi connectivity index (χ3n) is 4.35. The summed E-state index contributed by atoms with van der Waals surface area (Å²) in [6.07, 6.45) is 0. The largest absolute Gasteiger partial charge is 0.493 e. The first kappa shape index (κ1) is 21.5. The number of rotatable bonds is 7. The van der Waals surface area contributed by atoms with Crippen LogP contribution >= 0.6 is 15.9 Å². The molecule has 0 spiro atoms. The monoisotopic (exact) mass is 489 g/mol. The summed E-state index contributed by atoms with van der Waals surface area (Å²) in [6, 6.07) is 9.18. The van der Waals surface area contributed by atoms with E-state index in [0.29, 0.717) is 11.3 Å². The van der Waals surface area contributed by atoms with Crippen molar-refractivity contribution in [1.29, 1.82) is 0 Å². The van der Waals surface area contributed by atoms with E-state index in [4.69, 9.17) is 9.47 Å². The minimum Gasteiger partial charge on any atom is -0.493 e. The van der Waals surface area contributed by atoms with Crippen molar-refractivity contribution < 1.29 is 26.7 Å². The number of alkyl halides is 2. The van der Waals surface area contributed by atoms with Gasteiger partial charge in [0.1, 0.15) is 10.7 Å². The molecule has 0 saturated heterocycles. The quantitative estimate of drug-likeness (QED) is 0.500. The second kappa shape index (κ2) is 8.25. The minimum atomic E-state index is -4.05. The van der Waals surface area contributed by atoms with Crippen LogP contribution in [0.15, 0.2) is 45.8 Å². The topological polar surface area (TPSA) is 73.7 Å². The number of sulfonamides is 1. The highest BCUT2D eigenvalue weighted by Gasteiger charge is 2.28. The number of halogens is 3. The third kappa shape index (κ3) is 3.94. The van der Waals surface area contributed by atoms with Crippen LogP contribution in [0.3, 0.4) is 0 Å². The van der Waals surface area contributed by atoms with E-state index in [1.807, 2.05) is 0 Å². The highest BCUT2D eigenvalue weighted by atomic mass is 79.9. The molecule has 2 aromatic carbocycles. The Hall–Kier alpha value is -2.24. The molecule has 0 aliphatic heterocycles. The van der Waals surface area contributed by atoms with Gasteiger partial charge < -0.3 is 9.47 Å². The maximum atomic E-state index is 13.6. The summed E-state index contributed by atoms with van der Waals surface area (Å²) in [7, 11) is 0.0624. The second-order valence-electron chi connectivity index (χ2n) is 6.06. The lowest BCUT2D eigenvalue weighted by Crippen LogP contribution is -2.28. The summed E-state index contributed by atoms with van der Waals surface area (Å²) in [4.78, 5) is 4.10. The van der Waals surface area contributed by atoms with E-state index >= 15 is 0 Å². The van der Waals surface area contributed by atoms with Crippen LogP contribution in [0.4, 0.5) is 8.78 Å². The Bertz CT molecular complexity index is 1150. The van der Waals surface area contributed by atoms with Gasteiger partial charge in [0.2, 0.25) is 10.0 Å². The third-order valence-corrected chi connectivity index (χ3v) is 7.12. The summed E-state index contributed by atoms with van der Waals surface area (Å²) < 4.78 is 65.7. The van der Waals surface area contributed by atoms with E-state index in [2.05, 4.69) is 20.9 Å². The van der Waals surface area contributed by atoms with E-state index in [-0.39, 0.29) is 33.0 Å². The molecular formula is C18H18BrF2N3O4S. The predicted octanol–water partition coefficient (Wildman–Crippen LogP) is 4.03. The van der Waals surface area contributed by atoms with Crippen LogP contribution in [0.2, 0.25) is 0 Å². The average molecular weight is 490 g/mol. The number of para-hydroxylation sites is 2. The van der Waals surface area contributed by atoms with Crippen molar-refractivity contribution in [2.75, 3.05) is 21.3 Å². The zero-order valence-electron chi connectivity index (χ0n) is 15.8. The lowest BCUT2D eigenvalue weighted by molar-refractivity contribution is 0.0703. The standard InChI is InChI=1S/C18H18BrF2N3O4S/c1-23(10-17-22-12-6-4-5-7-13(12)24(17)18(20)21)29(25,26)16-9-15(28-3)14(27-2)8-11(16)19/h4-9,18H,10H2,1-3H3. The van der Waals surface area contributed by atoms with Crippen LogP contribution in [0.25, 0.3) is 11.0 Å². The van der Waals surface area contributed by atoms with Gasteiger partial charge in [0.05, 0.1) is 31.8 Å². The number of methoxy groups -OCH3 is 2. The van der Waals surface area contributed by atoms with Crippen LogP contribution < -0.4 is 9.47 Å². The van der Waals surface area contributed by atoms with E-state index in [1.165, 1.54) is 39.5 Å². The van der Waals surface area contributed by atoms with Gasteiger partial charge in [0.15, 0.2) is 11.5 Å². The van der Waals surface area contributed by atoms with Gasteiger partial charge in [-0.2, -0.15) is 13.1 Å². The summed E-state index contributed by atoms with van der Waals surface area (Å²) in [5.74, 6) is 0.506. The second-order valence-corrected chi connectivity index (χ2v) is 8.93. The van der Waals surface area contributed by atoms with Gasteiger partial charge in [0.25, 0.3) is 0 Å². The molecular weight excluding hydrogens is 472 g/mol. The fourth-order valence-electron chi connectivity index (χ4n) is 2.91. The van der Waals surface area contributed by atoms with Crippen LogP contribution in [0, 0.1) is 0 Å². The Balaban J connectivity index is 2.02. The van der Waals surface area contributed by atoms with Gasteiger partial charge in [-0.25, -0.2) is 13.4 Å². The summed E-state index contributed by atoms with van der Waals surface area (Å²) in [5, 5.41) is 0. The summed E-state index contributed by atoms with van der Waals surface area (Å²) >= 11 is 3.22. The van der Waals surface area contributed by atoms with Gasteiger partial charge in [0, 0.05) is 17.6 Å². The first-order valence-corrected chi connectivity index (χ1v) is 10.6. The lowest BCUT2D eigenvalue weighted by Gasteiger charge is -2.19. The van der Waals surface area contributed by atoms with E-state index in [0.717, 1.165) is 8.87 Å². The Kier molecular flexibility index (Phi) is 6.11. The molecule has 0 atom stereocenters. The number of benzene rings is 2. The average Bonchev–Trinajstić information content (AvgIpc) is 3.05. The van der Waals surface area contributed by atoms with Gasteiger partial charge in [-0.3, -0.25) is 4.57 Å². The van der Waals surface area contributed by atoms with Crippen LogP contribution in [-0.4, -0.2) is 43.5 Å². The maximum absolute atomic E-state index is 13.6. The van der Waals surface area contributed by atoms with Crippen molar-refractivity contribution in [3.05, 3.63) is 46.7 Å². The zero-order chi connectivity index (χ0) is 21.3. The number of hydrogen-bond acceptors (Lipinski definition) is 5. The number of hydrogen-bond donors (Lipinski definition) is 0. The van der Waals surface area contributed by atoms with Crippen LogP contribution in [-0.2, 0) is 16.6 Å². The molecule has 0 aliphatic rings. The zero-order valence-corrected chi connectivity index (χ0v) is 18.2. The Labute approximate surface area is 175 Å². The molecule has 11 heteroatoms. The molecule has 29 heavy (non-hydrogen) atoms. The molecule has 0 unspecified atom stereocenters. The Morgan fingerprint density at radius 3 is 2.41 bits per heavy atom. The van der Waals surface area contributed by atoms with Crippen molar-refractivity contribution in [3.63, 3.8) is 0 Å². The van der Waals surface area contributed by atoms with Crippen molar-refractivity contribution in [1.82, 2.24) is 13.9 Å². The van der Waals surface area contributed by atoms with Crippen molar-refractivity contribution in [2.24, 2.45) is 0 Å². The molecule has 156 valence electrons. The smallest absolute Gasteiger partial charge is 0.320 e. The summed E-state index contributed by atoms with van der Waals surface area (Å²) in [6.45, 7) is -3.20. The fraction of sp³-hybridized carbons (Fsp3) is 0.278.